The molecular weight excluding hydrogens is 336 g/mol. The Hall–Kier alpha value is -2.79. The van der Waals surface area contributed by atoms with Gasteiger partial charge in [0.05, 0.1) is 6.04 Å². The number of likely N-dealkylation sites (N-methyl/N-ethyl adjacent to an activating group) is 1. The number of carbonyl (C=O) groups is 1. The van der Waals surface area contributed by atoms with Crippen LogP contribution in [0.2, 0.25) is 0 Å². The molecule has 1 amide bonds. The van der Waals surface area contributed by atoms with Crippen molar-refractivity contribution in [2.24, 2.45) is 7.05 Å². The van der Waals surface area contributed by atoms with Crippen LogP contribution < -0.4 is 10.2 Å². The smallest absolute Gasteiger partial charge is 0.251 e. The largest absolute Gasteiger partial charge is 0.378 e. The Kier molecular flexibility index (Phi) is 5.51. The van der Waals surface area contributed by atoms with Crippen LogP contribution in [0.15, 0.2) is 54.7 Å². The van der Waals surface area contributed by atoms with Crippen LogP contribution in [0, 0.1) is 0 Å². The number of benzene rings is 2. The molecule has 5 heteroatoms. The van der Waals surface area contributed by atoms with Gasteiger partial charge in [0.1, 0.15) is 0 Å². The highest BCUT2D eigenvalue weighted by Gasteiger charge is 2.20. The Balaban J connectivity index is 1.81. The van der Waals surface area contributed by atoms with E-state index in [4.69, 9.17) is 0 Å². The van der Waals surface area contributed by atoms with E-state index in [0.717, 1.165) is 5.69 Å². The first-order valence-electron chi connectivity index (χ1n) is 9.14. The van der Waals surface area contributed by atoms with E-state index in [1.807, 2.05) is 57.4 Å². The van der Waals surface area contributed by atoms with Crippen LogP contribution in [0.4, 0.5) is 5.69 Å². The van der Waals surface area contributed by atoms with Gasteiger partial charge in [-0.3, -0.25) is 4.79 Å². The number of anilines is 1. The molecule has 1 heterocycles. The Morgan fingerprint density at radius 1 is 1.07 bits per heavy atom. The molecule has 0 saturated heterocycles. The van der Waals surface area contributed by atoms with Gasteiger partial charge in [-0.15, -0.1) is 0 Å². The van der Waals surface area contributed by atoms with Gasteiger partial charge in [0.2, 0.25) is 0 Å². The second kappa shape index (κ2) is 7.84. The highest BCUT2D eigenvalue weighted by molar-refractivity contribution is 5.95. The molecule has 0 radical (unpaired) electrons. The number of hydrogen-bond acceptors (Lipinski definition) is 3. The second-order valence-corrected chi connectivity index (χ2v) is 7.35. The van der Waals surface area contributed by atoms with Gasteiger partial charge in [-0.2, -0.15) is 0 Å². The zero-order valence-corrected chi connectivity index (χ0v) is 16.7. The highest BCUT2D eigenvalue weighted by Crippen LogP contribution is 2.28. The Morgan fingerprint density at radius 3 is 2.52 bits per heavy atom. The standard InChI is InChI=1S/C22H28N4O/c1-24(2)17-10-8-9-16(13-17)22(27)23-14-21(25(3)4)19-15-26(5)20-12-7-6-11-18(19)20/h6-13,15,21H,14H2,1-5H3,(H,23,27). The number of carbonyl (C=O) groups excluding carboxylic acids is 1. The lowest BCUT2D eigenvalue weighted by Crippen LogP contribution is -2.34. The molecule has 0 spiro atoms. The van der Waals surface area contributed by atoms with Crippen LogP contribution in [0.5, 0.6) is 0 Å². The van der Waals surface area contributed by atoms with Crippen molar-refractivity contribution in [3.63, 3.8) is 0 Å². The summed E-state index contributed by atoms with van der Waals surface area (Å²) in [5.74, 6) is -0.0502. The molecule has 0 fully saturated rings. The molecule has 3 rings (SSSR count). The predicted octanol–water partition coefficient (Wildman–Crippen LogP) is 3.28. The molecule has 1 atom stereocenters. The van der Waals surface area contributed by atoms with E-state index in [9.17, 15) is 4.79 Å². The normalized spacial score (nSPS) is 12.4. The summed E-state index contributed by atoms with van der Waals surface area (Å²) in [7, 11) is 10.1. The van der Waals surface area contributed by atoms with Gasteiger partial charge in [-0.05, 0) is 43.9 Å². The molecule has 1 unspecified atom stereocenters. The van der Waals surface area contributed by atoms with Gasteiger partial charge in [0.15, 0.2) is 0 Å². The minimum Gasteiger partial charge on any atom is -0.378 e. The summed E-state index contributed by atoms with van der Waals surface area (Å²) in [5.41, 5.74) is 4.11. The number of amides is 1. The van der Waals surface area contributed by atoms with E-state index in [-0.39, 0.29) is 11.9 Å². The SMILES string of the molecule is CN(C)c1cccc(C(=O)NCC(c2cn(C)c3ccccc23)N(C)C)c1. The molecular formula is C22H28N4O. The molecule has 5 nitrogen and oxygen atoms in total. The summed E-state index contributed by atoms with van der Waals surface area (Å²) < 4.78 is 2.14. The molecule has 0 aliphatic heterocycles. The van der Waals surface area contributed by atoms with Gasteiger partial charge >= 0.3 is 0 Å². The number of hydrogen-bond donors (Lipinski definition) is 1. The first kappa shape index (κ1) is 19.0. The van der Waals surface area contributed by atoms with Crippen molar-refractivity contribution in [1.29, 1.82) is 0 Å². The zero-order chi connectivity index (χ0) is 19.6. The lowest BCUT2D eigenvalue weighted by atomic mass is 10.0. The summed E-state index contributed by atoms with van der Waals surface area (Å²) in [4.78, 5) is 16.8. The summed E-state index contributed by atoms with van der Waals surface area (Å²) in [6, 6.07) is 16.1. The van der Waals surface area contributed by atoms with Crippen molar-refractivity contribution < 1.29 is 4.79 Å². The highest BCUT2D eigenvalue weighted by atomic mass is 16.1. The van der Waals surface area contributed by atoms with Crippen molar-refractivity contribution in [3.05, 3.63) is 65.9 Å². The van der Waals surface area contributed by atoms with Gasteiger partial charge in [-0.25, -0.2) is 0 Å². The predicted molar refractivity (Wildman–Crippen MR) is 112 cm³/mol. The fourth-order valence-corrected chi connectivity index (χ4v) is 3.43. The maximum atomic E-state index is 12.7. The number of fused-ring (bicyclic) bond motifs is 1. The molecule has 1 aromatic heterocycles. The third-order valence-electron chi connectivity index (χ3n) is 4.99. The van der Waals surface area contributed by atoms with Gasteiger partial charge in [0.25, 0.3) is 5.91 Å². The fraction of sp³-hybridized carbons (Fsp3) is 0.318. The van der Waals surface area contributed by atoms with E-state index < -0.39 is 0 Å². The number of nitrogens with one attached hydrogen (secondary N) is 1. The van der Waals surface area contributed by atoms with Crippen LogP contribution in [0.25, 0.3) is 10.9 Å². The van der Waals surface area contributed by atoms with Crippen molar-refractivity contribution in [2.45, 2.75) is 6.04 Å². The molecule has 0 bridgehead atoms. The first-order chi connectivity index (χ1) is 12.9. The van der Waals surface area contributed by atoms with Gasteiger partial charge < -0.3 is 19.7 Å². The van der Waals surface area contributed by atoms with Crippen molar-refractivity contribution >= 4 is 22.5 Å². The number of aromatic nitrogens is 1. The average Bonchev–Trinajstić information content (AvgIpc) is 2.98. The monoisotopic (exact) mass is 364 g/mol. The molecule has 142 valence electrons. The van der Waals surface area contributed by atoms with Crippen molar-refractivity contribution in [1.82, 2.24) is 14.8 Å². The maximum Gasteiger partial charge on any atom is 0.251 e. The summed E-state index contributed by atoms with van der Waals surface area (Å²) >= 11 is 0. The number of rotatable bonds is 6. The van der Waals surface area contributed by atoms with Crippen LogP contribution in [-0.2, 0) is 7.05 Å². The topological polar surface area (TPSA) is 40.5 Å². The van der Waals surface area contributed by atoms with E-state index >= 15 is 0 Å². The second-order valence-electron chi connectivity index (χ2n) is 7.35. The Bertz CT molecular complexity index is 942. The average molecular weight is 364 g/mol. The maximum absolute atomic E-state index is 12.7. The summed E-state index contributed by atoms with van der Waals surface area (Å²) in [6.07, 6.45) is 2.16. The van der Waals surface area contributed by atoms with Crippen LogP contribution >= 0.6 is 0 Å². The van der Waals surface area contributed by atoms with Crippen LogP contribution in [0.3, 0.4) is 0 Å². The summed E-state index contributed by atoms with van der Waals surface area (Å²) in [5, 5.41) is 4.34. The molecule has 2 aromatic carbocycles. The molecule has 0 aliphatic carbocycles. The molecule has 3 aromatic rings. The number of nitrogens with zero attached hydrogens (tertiary/aromatic N) is 3. The lowest BCUT2D eigenvalue weighted by molar-refractivity contribution is 0.0942. The number of aryl methyl sites for hydroxylation is 1. The van der Waals surface area contributed by atoms with E-state index in [1.54, 1.807) is 0 Å². The van der Waals surface area contributed by atoms with Gasteiger partial charge in [-0.1, -0.05) is 24.3 Å². The van der Waals surface area contributed by atoms with Crippen molar-refractivity contribution in [2.75, 3.05) is 39.6 Å². The van der Waals surface area contributed by atoms with E-state index in [0.29, 0.717) is 12.1 Å². The lowest BCUT2D eigenvalue weighted by Gasteiger charge is -2.24. The molecule has 27 heavy (non-hydrogen) atoms. The molecule has 0 saturated carbocycles. The third kappa shape index (κ3) is 3.98. The minimum atomic E-state index is -0.0502. The molecule has 1 N–H and O–H groups in total. The minimum absolute atomic E-state index is 0.0502. The van der Waals surface area contributed by atoms with Crippen LogP contribution in [-0.4, -0.2) is 50.1 Å². The Labute approximate surface area is 161 Å². The third-order valence-corrected chi connectivity index (χ3v) is 4.99. The van der Waals surface area contributed by atoms with Gasteiger partial charge in [0, 0.05) is 56.0 Å². The summed E-state index contributed by atoms with van der Waals surface area (Å²) in [6.45, 7) is 0.548. The van der Waals surface area contributed by atoms with E-state index in [2.05, 4.69) is 52.3 Å². The zero-order valence-electron chi connectivity index (χ0n) is 16.7. The Morgan fingerprint density at radius 2 is 1.81 bits per heavy atom. The quantitative estimate of drug-likeness (QED) is 0.730. The van der Waals surface area contributed by atoms with Crippen molar-refractivity contribution in [3.8, 4) is 0 Å². The van der Waals surface area contributed by atoms with Crippen LogP contribution in [0.1, 0.15) is 22.0 Å². The first-order valence-corrected chi connectivity index (χ1v) is 9.14. The number of para-hydroxylation sites is 1. The molecule has 0 aliphatic rings. The fourth-order valence-electron chi connectivity index (χ4n) is 3.43. The van der Waals surface area contributed by atoms with E-state index in [1.165, 1.54) is 16.5 Å².